The second-order valence-corrected chi connectivity index (χ2v) is 15.7. The fourth-order valence-electron chi connectivity index (χ4n) is 8.38. The topological polar surface area (TPSA) is 64.7 Å². The summed E-state index contributed by atoms with van der Waals surface area (Å²) in [4.78, 5) is 20.6. The molecule has 0 aliphatic rings. The quantitative estimate of drug-likeness (QED) is 0.164. The molecule has 3 aromatic heterocycles. The van der Waals surface area contributed by atoms with Gasteiger partial charge in [0.2, 0.25) is 5.89 Å². The Labute approximate surface area is 336 Å². The van der Waals surface area contributed by atoms with Crippen molar-refractivity contribution >= 4 is 74.9 Å². The zero-order valence-electron chi connectivity index (χ0n) is 30.9. The molecule has 0 aliphatic heterocycles. The van der Waals surface area contributed by atoms with Crippen molar-refractivity contribution in [3.05, 3.63) is 182 Å². The molecule has 6 heteroatoms. The molecule has 5 nitrogen and oxygen atoms in total. The zero-order valence-corrected chi connectivity index (χ0v) is 31.7. The van der Waals surface area contributed by atoms with Crippen molar-refractivity contribution in [2.24, 2.45) is 0 Å². The highest BCUT2D eigenvalue weighted by molar-refractivity contribution is 7.25. The predicted octanol–water partition coefficient (Wildman–Crippen LogP) is 14.2. The van der Waals surface area contributed by atoms with Gasteiger partial charge in [0.15, 0.2) is 23.1 Å². The van der Waals surface area contributed by atoms with Gasteiger partial charge in [-0.3, -0.25) is 0 Å². The molecule has 0 bridgehead atoms. The van der Waals surface area contributed by atoms with E-state index in [0.717, 1.165) is 82.2 Å². The van der Waals surface area contributed by atoms with Crippen molar-refractivity contribution in [1.29, 1.82) is 0 Å². The van der Waals surface area contributed by atoms with Crippen LogP contribution in [0.5, 0.6) is 0 Å². The first-order valence-corrected chi connectivity index (χ1v) is 20.1. The summed E-state index contributed by atoms with van der Waals surface area (Å²) in [6.45, 7) is 0. The van der Waals surface area contributed by atoms with Crippen LogP contribution in [-0.4, -0.2) is 19.9 Å². The number of rotatable bonds is 5. The number of aromatic nitrogens is 4. The number of fused-ring (bicyclic) bond motifs is 10. The van der Waals surface area contributed by atoms with Crippen LogP contribution in [0.15, 0.2) is 186 Å². The van der Waals surface area contributed by atoms with Crippen LogP contribution in [0.25, 0.3) is 120 Å². The van der Waals surface area contributed by atoms with E-state index in [1.807, 2.05) is 42.5 Å². The van der Waals surface area contributed by atoms with E-state index in [9.17, 15) is 0 Å². The number of nitrogens with zero attached hydrogens (tertiary/aromatic N) is 4. The van der Waals surface area contributed by atoms with Gasteiger partial charge in [-0.2, -0.15) is 0 Å². The fourth-order valence-corrected chi connectivity index (χ4v) is 9.51. The SMILES string of the molecule is c1ccc(-c2cccc(-c3nc(-c4ccc5c(ccc6ccc7ccc8nc(-c9ccccc9)oc8c7c65)c4)nc(-c4cccc5sc6ccccc6c45)n3)c2)cc1. The third-order valence-corrected chi connectivity index (χ3v) is 12.3. The van der Waals surface area contributed by atoms with Crippen molar-refractivity contribution in [3.8, 4) is 56.7 Å². The van der Waals surface area contributed by atoms with Gasteiger partial charge in [-0.25, -0.2) is 19.9 Å². The number of hydrogen-bond donors (Lipinski definition) is 0. The smallest absolute Gasteiger partial charge is 0.227 e. The average Bonchev–Trinajstić information content (AvgIpc) is 3.91. The molecule has 3 heterocycles. The Morgan fingerprint density at radius 3 is 1.81 bits per heavy atom. The maximum Gasteiger partial charge on any atom is 0.227 e. The largest absolute Gasteiger partial charge is 0.435 e. The first-order valence-electron chi connectivity index (χ1n) is 19.3. The van der Waals surface area contributed by atoms with Gasteiger partial charge >= 0.3 is 0 Å². The molecule has 270 valence electrons. The van der Waals surface area contributed by atoms with Crippen molar-refractivity contribution in [3.63, 3.8) is 0 Å². The standard InChI is InChI=1S/C52H30N4OS/c1-3-11-31(12-4-1)35-15-9-16-37(29-35)49-54-50(56-51(55-49)41-18-10-20-44-47(41)40-17-7-8-19-43(40)58-44)38-25-27-39-36(30-38)24-23-32-21-22-33-26-28-42-48(46(33)45(32)39)57-52(53-42)34-13-5-2-6-14-34/h1-30H. The minimum atomic E-state index is 0.615. The Morgan fingerprint density at radius 1 is 0.362 bits per heavy atom. The lowest BCUT2D eigenvalue weighted by Crippen LogP contribution is -2.00. The van der Waals surface area contributed by atoms with Gasteiger partial charge in [0, 0.05) is 53.2 Å². The molecule has 0 N–H and O–H groups in total. The predicted molar refractivity (Wildman–Crippen MR) is 240 cm³/mol. The number of oxazole rings is 1. The Hall–Kier alpha value is -7.54. The Bertz CT molecular complexity index is 3570. The summed E-state index contributed by atoms with van der Waals surface area (Å²) in [6, 6.07) is 63.4. The van der Waals surface area contributed by atoms with Crippen LogP contribution < -0.4 is 0 Å². The monoisotopic (exact) mass is 758 g/mol. The van der Waals surface area contributed by atoms with E-state index < -0.39 is 0 Å². The third-order valence-electron chi connectivity index (χ3n) is 11.1. The van der Waals surface area contributed by atoms with Gasteiger partial charge in [-0.1, -0.05) is 140 Å². The maximum atomic E-state index is 6.58. The summed E-state index contributed by atoms with van der Waals surface area (Å²) < 4.78 is 9.02. The molecule has 0 fully saturated rings. The third kappa shape index (κ3) is 5.30. The molecule has 0 saturated carbocycles. The van der Waals surface area contributed by atoms with Gasteiger partial charge in [0.1, 0.15) is 5.52 Å². The van der Waals surface area contributed by atoms with Crippen molar-refractivity contribution in [1.82, 2.24) is 19.9 Å². The normalized spacial score (nSPS) is 11.8. The minimum Gasteiger partial charge on any atom is -0.435 e. The summed E-state index contributed by atoms with van der Waals surface area (Å²) in [5, 5.41) is 9.00. The number of thiophene rings is 1. The molecule has 0 spiro atoms. The molecule has 0 saturated heterocycles. The zero-order chi connectivity index (χ0) is 38.2. The molecule has 0 atom stereocenters. The summed E-state index contributed by atoms with van der Waals surface area (Å²) in [5.74, 6) is 2.50. The molecule has 0 unspecified atom stereocenters. The highest BCUT2D eigenvalue weighted by atomic mass is 32.1. The van der Waals surface area contributed by atoms with Crippen molar-refractivity contribution in [2.45, 2.75) is 0 Å². The summed E-state index contributed by atoms with van der Waals surface area (Å²) in [6.07, 6.45) is 0. The van der Waals surface area contributed by atoms with Crippen LogP contribution in [0.4, 0.5) is 0 Å². The van der Waals surface area contributed by atoms with Crippen LogP contribution in [0.1, 0.15) is 0 Å². The van der Waals surface area contributed by atoms with Crippen LogP contribution in [0.3, 0.4) is 0 Å². The molecule has 0 aliphatic carbocycles. The van der Waals surface area contributed by atoms with Crippen molar-refractivity contribution in [2.75, 3.05) is 0 Å². The molecule has 58 heavy (non-hydrogen) atoms. The van der Waals surface area contributed by atoms with E-state index in [1.165, 1.54) is 14.8 Å². The molecular weight excluding hydrogens is 729 g/mol. The van der Waals surface area contributed by atoms with E-state index in [4.69, 9.17) is 24.4 Å². The Kier molecular flexibility index (Phi) is 7.33. The maximum absolute atomic E-state index is 6.58. The van der Waals surface area contributed by atoms with Gasteiger partial charge < -0.3 is 4.42 Å². The highest BCUT2D eigenvalue weighted by Gasteiger charge is 2.19. The van der Waals surface area contributed by atoms with E-state index >= 15 is 0 Å². The van der Waals surface area contributed by atoms with E-state index in [2.05, 4.69) is 140 Å². The van der Waals surface area contributed by atoms with Crippen LogP contribution in [0.2, 0.25) is 0 Å². The first-order chi connectivity index (χ1) is 28.7. The first kappa shape index (κ1) is 32.7. The van der Waals surface area contributed by atoms with Crippen LogP contribution in [0, 0.1) is 0 Å². The summed E-state index contributed by atoms with van der Waals surface area (Å²) in [7, 11) is 0. The second kappa shape index (κ2) is 13.0. The lowest BCUT2D eigenvalue weighted by Gasteiger charge is -2.12. The second-order valence-electron chi connectivity index (χ2n) is 14.6. The summed E-state index contributed by atoms with van der Waals surface area (Å²) in [5.41, 5.74) is 7.65. The number of hydrogen-bond acceptors (Lipinski definition) is 6. The van der Waals surface area contributed by atoms with Crippen LogP contribution in [-0.2, 0) is 0 Å². The average molecular weight is 759 g/mol. The highest BCUT2D eigenvalue weighted by Crippen LogP contribution is 2.41. The van der Waals surface area contributed by atoms with Gasteiger partial charge in [-0.15, -0.1) is 11.3 Å². The molecule has 12 rings (SSSR count). The van der Waals surface area contributed by atoms with E-state index in [-0.39, 0.29) is 0 Å². The lowest BCUT2D eigenvalue weighted by atomic mass is 9.95. The Balaban J connectivity index is 1.07. The lowest BCUT2D eigenvalue weighted by molar-refractivity contribution is 0.623. The molecule has 9 aromatic carbocycles. The van der Waals surface area contributed by atoms with Crippen LogP contribution >= 0.6 is 11.3 Å². The van der Waals surface area contributed by atoms with E-state index in [0.29, 0.717) is 23.4 Å². The van der Waals surface area contributed by atoms with E-state index in [1.54, 1.807) is 11.3 Å². The molecule has 12 aromatic rings. The molecule has 0 radical (unpaired) electrons. The number of benzene rings is 9. The fraction of sp³-hybridized carbons (Fsp3) is 0. The minimum absolute atomic E-state index is 0.615. The van der Waals surface area contributed by atoms with Gasteiger partial charge in [0.05, 0.1) is 0 Å². The van der Waals surface area contributed by atoms with Crippen molar-refractivity contribution < 1.29 is 4.42 Å². The van der Waals surface area contributed by atoms with Gasteiger partial charge in [0.25, 0.3) is 0 Å². The summed E-state index contributed by atoms with van der Waals surface area (Å²) >= 11 is 1.79. The molecular formula is C52H30N4OS. The Morgan fingerprint density at radius 2 is 0.983 bits per heavy atom. The molecule has 0 amide bonds. The van der Waals surface area contributed by atoms with Gasteiger partial charge in [-0.05, 0) is 75.1 Å².